The van der Waals surface area contributed by atoms with Crippen molar-refractivity contribution in [1.29, 1.82) is 0 Å². The van der Waals surface area contributed by atoms with Gasteiger partial charge in [0.25, 0.3) is 0 Å². The third kappa shape index (κ3) is 4.21. The number of allylic oxidation sites excluding steroid dienone is 1. The summed E-state index contributed by atoms with van der Waals surface area (Å²) in [6, 6.07) is 25.1. The van der Waals surface area contributed by atoms with Crippen molar-refractivity contribution in [2.24, 2.45) is 5.92 Å². The molecule has 2 heterocycles. The average molecular weight is 461 g/mol. The molecule has 0 radical (unpaired) electrons. The fraction of sp³-hybridized carbons (Fsp3) is 0.133. The Balaban J connectivity index is 1.51. The highest BCUT2D eigenvalue weighted by molar-refractivity contribution is 6.01. The maximum absolute atomic E-state index is 14.5. The predicted octanol–water partition coefficient (Wildman–Crippen LogP) is 7.35. The van der Waals surface area contributed by atoms with E-state index in [0.717, 1.165) is 27.8 Å². The number of nitrogens with one attached hydrogen (secondary N) is 2. The zero-order valence-electron chi connectivity index (χ0n) is 19.2. The Kier molecular flexibility index (Phi) is 5.59. The second-order valence-electron chi connectivity index (χ2n) is 9.04. The first kappa shape index (κ1) is 21.3. The van der Waals surface area contributed by atoms with Crippen LogP contribution >= 0.6 is 0 Å². The van der Waals surface area contributed by atoms with E-state index in [1.165, 1.54) is 30.4 Å². The van der Waals surface area contributed by atoms with Crippen molar-refractivity contribution in [3.05, 3.63) is 119 Å². The fourth-order valence-electron chi connectivity index (χ4n) is 4.82. The first-order valence-electron chi connectivity index (χ1n) is 12.0. The van der Waals surface area contributed by atoms with Gasteiger partial charge in [-0.2, -0.15) is 14.6 Å². The van der Waals surface area contributed by atoms with Gasteiger partial charge in [0.05, 0.1) is 17.1 Å². The van der Waals surface area contributed by atoms with Crippen molar-refractivity contribution in [1.82, 2.24) is 20.4 Å². The fourth-order valence-corrected chi connectivity index (χ4v) is 4.82. The third-order valence-corrected chi connectivity index (χ3v) is 6.85. The van der Waals surface area contributed by atoms with Crippen LogP contribution in [-0.2, 0) is 0 Å². The summed E-state index contributed by atoms with van der Waals surface area (Å²) in [7, 11) is 0. The minimum absolute atomic E-state index is 0.397. The van der Waals surface area contributed by atoms with E-state index in [4.69, 9.17) is 0 Å². The molecular weight excluding hydrogens is 435 g/mol. The maximum atomic E-state index is 14.5. The average Bonchev–Trinajstić information content (AvgIpc) is 3.52. The van der Waals surface area contributed by atoms with Crippen LogP contribution in [0.15, 0.2) is 85.2 Å². The molecule has 0 amide bonds. The highest BCUT2D eigenvalue weighted by atomic mass is 19.1. The van der Waals surface area contributed by atoms with E-state index >= 15 is 0 Å². The number of aromatic amines is 2. The monoisotopic (exact) mass is 460 g/mol. The molecular formula is C30H25FN4. The first-order valence-corrected chi connectivity index (χ1v) is 12.0. The Hall–Kier alpha value is -4.25. The van der Waals surface area contributed by atoms with Crippen LogP contribution in [0.1, 0.15) is 47.1 Å². The van der Waals surface area contributed by atoms with Crippen LogP contribution in [0.5, 0.6) is 0 Å². The van der Waals surface area contributed by atoms with Crippen molar-refractivity contribution < 1.29 is 4.39 Å². The van der Waals surface area contributed by atoms with Gasteiger partial charge in [0.2, 0.25) is 5.95 Å². The quantitative estimate of drug-likeness (QED) is 0.260. The van der Waals surface area contributed by atoms with Gasteiger partial charge in [-0.1, -0.05) is 79.2 Å². The van der Waals surface area contributed by atoms with E-state index in [1.807, 2.05) is 24.4 Å². The zero-order valence-corrected chi connectivity index (χ0v) is 19.2. The normalized spacial score (nSPS) is 14.9. The summed E-state index contributed by atoms with van der Waals surface area (Å²) in [4.78, 5) is 0. The lowest BCUT2D eigenvalue weighted by atomic mass is 9.73. The predicted molar refractivity (Wildman–Crippen MR) is 140 cm³/mol. The van der Waals surface area contributed by atoms with E-state index in [0.29, 0.717) is 16.8 Å². The van der Waals surface area contributed by atoms with Gasteiger partial charge in [-0.25, -0.2) is 0 Å². The van der Waals surface area contributed by atoms with Crippen molar-refractivity contribution in [2.75, 3.05) is 0 Å². The van der Waals surface area contributed by atoms with E-state index in [-0.39, 0.29) is 0 Å². The van der Waals surface area contributed by atoms with E-state index in [9.17, 15) is 4.39 Å². The zero-order chi connectivity index (χ0) is 23.6. The molecule has 5 aromatic rings. The number of nitrogens with zero attached hydrogens (tertiary/aromatic N) is 2. The van der Waals surface area contributed by atoms with Gasteiger partial charge in [0, 0.05) is 11.8 Å². The van der Waals surface area contributed by atoms with E-state index in [2.05, 4.69) is 87.1 Å². The van der Waals surface area contributed by atoms with Crippen LogP contribution in [0.25, 0.3) is 34.2 Å². The standard InChI is InChI=1S/C30H25FN4/c31-30-26-17-25(15-16-27(26)34-35-30)29(28(23-7-4-8-23)22-5-2-1-3-6-22)24-13-11-20(12-14-24)9-10-21-18-32-33-19-21/h1-3,5-6,9-19,23H,4,7-8H2,(H,32,33)(H,34,35)/b10-9+,29-28?. The molecule has 3 aromatic carbocycles. The molecule has 0 bridgehead atoms. The number of hydrogen-bond donors (Lipinski definition) is 2. The summed E-state index contributed by atoms with van der Waals surface area (Å²) >= 11 is 0. The lowest BCUT2D eigenvalue weighted by Gasteiger charge is -2.31. The summed E-state index contributed by atoms with van der Waals surface area (Å²) in [5, 5.41) is 13.9. The maximum Gasteiger partial charge on any atom is 0.216 e. The molecule has 0 unspecified atom stereocenters. The summed E-state index contributed by atoms with van der Waals surface area (Å²) < 4.78 is 14.5. The second kappa shape index (κ2) is 9.18. The minimum atomic E-state index is -0.397. The third-order valence-electron chi connectivity index (χ3n) is 6.85. The van der Waals surface area contributed by atoms with Gasteiger partial charge in [0.15, 0.2) is 0 Å². The smallest absolute Gasteiger partial charge is 0.216 e. The molecule has 1 aliphatic rings. The van der Waals surface area contributed by atoms with Gasteiger partial charge in [0.1, 0.15) is 0 Å². The van der Waals surface area contributed by atoms with E-state index in [1.54, 1.807) is 6.20 Å². The number of halogens is 1. The summed E-state index contributed by atoms with van der Waals surface area (Å²) in [5.74, 6) is 0.0868. The Morgan fingerprint density at radius 2 is 1.63 bits per heavy atom. The number of aromatic nitrogens is 4. The molecule has 0 aliphatic heterocycles. The molecule has 1 saturated carbocycles. The van der Waals surface area contributed by atoms with Crippen molar-refractivity contribution >= 4 is 34.2 Å². The molecule has 2 aromatic heterocycles. The molecule has 6 rings (SSSR count). The van der Waals surface area contributed by atoms with Gasteiger partial charge in [-0.15, -0.1) is 0 Å². The van der Waals surface area contributed by atoms with Gasteiger partial charge < -0.3 is 0 Å². The number of fused-ring (bicyclic) bond motifs is 1. The van der Waals surface area contributed by atoms with Gasteiger partial charge >= 0.3 is 0 Å². The Morgan fingerprint density at radius 1 is 0.857 bits per heavy atom. The molecule has 4 nitrogen and oxygen atoms in total. The van der Waals surface area contributed by atoms with Gasteiger partial charge in [-0.05, 0) is 64.3 Å². The molecule has 35 heavy (non-hydrogen) atoms. The molecule has 2 N–H and O–H groups in total. The highest BCUT2D eigenvalue weighted by Crippen LogP contribution is 2.45. The van der Waals surface area contributed by atoms with Crippen LogP contribution in [0.4, 0.5) is 4.39 Å². The highest BCUT2D eigenvalue weighted by Gasteiger charge is 2.27. The summed E-state index contributed by atoms with van der Waals surface area (Å²) in [6.07, 6.45) is 11.3. The van der Waals surface area contributed by atoms with E-state index < -0.39 is 5.95 Å². The minimum Gasteiger partial charge on any atom is -0.285 e. The summed E-state index contributed by atoms with van der Waals surface area (Å²) in [6.45, 7) is 0. The van der Waals surface area contributed by atoms with Crippen LogP contribution < -0.4 is 0 Å². The topological polar surface area (TPSA) is 57.4 Å². The molecule has 1 aliphatic carbocycles. The van der Waals surface area contributed by atoms with Crippen LogP contribution in [0, 0.1) is 11.9 Å². The van der Waals surface area contributed by atoms with Crippen LogP contribution in [0.3, 0.4) is 0 Å². The largest absolute Gasteiger partial charge is 0.285 e. The Morgan fingerprint density at radius 3 is 2.34 bits per heavy atom. The molecule has 0 saturated heterocycles. The Labute approximate surface area is 203 Å². The number of rotatable bonds is 6. The molecule has 0 atom stereocenters. The molecule has 0 spiro atoms. The second-order valence-corrected chi connectivity index (χ2v) is 9.04. The van der Waals surface area contributed by atoms with Crippen molar-refractivity contribution in [3.8, 4) is 0 Å². The van der Waals surface area contributed by atoms with Crippen molar-refractivity contribution in [2.45, 2.75) is 19.3 Å². The number of benzene rings is 3. The Bertz CT molecular complexity index is 1510. The summed E-state index contributed by atoms with van der Waals surface area (Å²) in [5.41, 5.74) is 8.62. The van der Waals surface area contributed by atoms with Crippen molar-refractivity contribution in [3.63, 3.8) is 0 Å². The van der Waals surface area contributed by atoms with Gasteiger partial charge in [-0.3, -0.25) is 10.2 Å². The first-order chi connectivity index (χ1) is 17.3. The number of H-pyrrole nitrogens is 2. The van der Waals surface area contributed by atoms with Crippen LogP contribution in [0.2, 0.25) is 0 Å². The SMILES string of the molecule is Fc1[nH]nc2ccc(C(=C(c3ccccc3)C3CCC3)c3ccc(/C=C/c4cn[nH]c4)cc3)cc12. The van der Waals surface area contributed by atoms with Crippen LogP contribution in [-0.4, -0.2) is 20.4 Å². The molecule has 5 heteroatoms. The molecule has 1 fully saturated rings. The molecule has 172 valence electrons. The lowest BCUT2D eigenvalue weighted by molar-refractivity contribution is 0.401. The number of hydrogen-bond acceptors (Lipinski definition) is 2. The lowest BCUT2D eigenvalue weighted by Crippen LogP contribution is -2.15.